The molecule has 0 amide bonds. The summed E-state index contributed by atoms with van der Waals surface area (Å²) in [6.07, 6.45) is -0.916. The molecule has 1 N–H and O–H groups in total. The van der Waals surface area contributed by atoms with E-state index in [0.717, 1.165) is 17.0 Å². The van der Waals surface area contributed by atoms with E-state index in [1.165, 1.54) is 19.2 Å². The van der Waals surface area contributed by atoms with E-state index >= 15 is 0 Å². The van der Waals surface area contributed by atoms with Crippen molar-refractivity contribution >= 4 is 38.2 Å². The Hall–Kier alpha value is -2.74. The average Bonchev–Trinajstić information content (AvgIpc) is 2.92. The van der Waals surface area contributed by atoms with Crippen molar-refractivity contribution in [2.45, 2.75) is 24.6 Å². The zero-order valence-corrected chi connectivity index (χ0v) is 26.0. The van der Waals surface area contributed by atoms with Crippen molar-refractivity contribution < 1.29 is 70.5 Å². The number of aromatic nitrogens is 1. The summed E-state index contributed by atoms with van der Waals surface area (Å²) < 4.78 is 81.4. The minimum Gasteiger partial charge on any atom is -0.569 e. The van der Waals surface area contributed by atoms with Crippen molar-refractivity contribution in [2.75, 3.05) is 13.7 Å². The number of nitrogens with zero attached hydrogens (tertiary/aromatic N) is 2. The summed E-state index contributed by atoms with van der Waals surface area (Å²) in [5.74, 6) is 0.697. The number of pyridine rings is 1. The molecule has 42 heavy (non-hydrogen) atoms. The zero-order valence-electron chi connectivity index (χ0n) is 22.4. The van der Waals surface area contributed by atoms with Crippen LogP contribution in [0.1, 0.15) is 22.9 Å². The summed E-state index contributed by atoms with van der Waals surface area (Å²) in [6, 6.07) is 17.9. The molecule has 0 radical (unpaired) electrons. The van der Waals surface area contributed by atoms with Gasteiger partial charge in [-0.1, -0.05) is 35.9 Å². The van der Waals surface area contributed by atoms with Crippen LogP contribution in [0.15, 0.2) is 66.7 Å². The van der Waals surface area contributed by atoms with Crippen molar-refractivity contribution in [2.24, 2.45) is 5.92 Å². The van der Waals surface area contributed by atoms with Gasteiger partial charge in [0.25, 0.3) is 0 Å². The van der Waals surface area contributed by atoms with Gasteiger partial charge in [-0.15, -0.1) is 5.69 Å². The molecule has 0 saturated carbocycles. The first-order valence-corrected chi connectivity index (χ1v) is 14.1. The van der Waals surface area contributed by atoms with Crippen molar-refractivity contribution in [1.29, 1.82) is 0 Å². The maximum atomic E-state index is 12.8. The molecule has 4 aromatic rings. The number of ether oxygens (including phenoxy) is 3. The van der Waals surface area contributed by atoms with Crippen molar-refractivity contribution in [3.8, 4) is 17.2 Å². The van der Waals surface area contributed by atoms with E-state index in [1.807, 2.05) is 18.2 Å². The molecule has 3 aromatic carbocycles. The molecule has 0 unspecified atom stereocenters. The van der Waals surface area contributed by atoms with E-state index < -0.39 is 33.2 Å². The van der Waals surface area contributed by atoms with Gasteiger partial charge in [-0.3, -0.25) is 0 Å². The number of aliphatic hydroxyl groups is 1. The van der Waals surface area contributed by atoms with Gasteiger partial charge in [-0.2, -0.15) is 13.2 Å². The second-order valence-electron chi connectivity index (χ2n) is 9.36. The van der Waals surface area contributed by atoms with Gasteiger partial charge >= 0.3 is 35.1 Å². The van der Waals surface area contributed by atoms with Crippen molar-refractivity contribution in [3.05, 3.63) is 93.3 Å². The molecule has 8 nitrogen and oxygen atoms in total. The second kappa shape index (κ2) is 12.9. The number of benzene rings is 3. The van der Waals surface area contributed by atoms with E-state index in [1.54, 1.807) is 30.3 Å². The quantitative estimate of drug-likeness (QED) is 0.296. The largest absolute Gasteiger partial charge is 1.00 e. The van der Waals surface area contributed by atoms with E-state index in [0.29, 0.717) is 39.1 Å². The Morgan fingerprint density at radius 3 is 2.60 bits per heavy atom. The number of methoxy groups -OCH3 is 1. The molecule has 0 saturated heterocycles. The second-order valence-corrected chi connectivity index (χ2v) is 11.4. The molecule has 5 rings (SSSR count). The molecule has 0 bridgehead atoms. The molecule has 0 aliphatic carbocycles. The number of sulfonamides is 1. The summed E-state index contributed by atoms with van der Waals surface area (Å²) in [5, 5.41) is 12.7. The predicted octanol–water partition coefficient (Wildman–Crippen LogP) is 3.62. The third-order valence-electron chi connectivity index (χ3n) is 6.56. The molecular weight excluding hydrogens is 608 g/mol. The summed E-state index contributed by atoms with van der Waals surface area (Å²) in [7, 11) is -4.36. The van der Waals surface area contributed by atoms with Crippen LogP contribution in [-0.2, 0) is 23.1 Å². The number of halogens is 4. The number of fused-ring (bicyclic) bond motifs is 2. The Labute approximate surface area is 267 Å². The molecule has 2 heterocycles. The molecule has 0 fully saturated rings. The van der Waals surface area contributed by atoms with Crippen LogP contribution in [0.25, 0.3) is 15.6 Å². The maximum absolute atomic E-state index is 12.8. The average molecular weight is 631 g/mol. The Morgan fingerprint density at radius 2 is 1.86 bits per heavy atom. The topological polar surface area (TPSA) is 109 Å². The molecule has 14 heteroatoms. The normalized spacial score (nSPS) is 16.6. The fourth-order valence-electron chi connectivity index (χ4n) is 4.52. The minimum absolute atomic E-state index is 0. The predicted molar refractivity (Wildman–Crippen MR) is 146 cm³/mol. The minimum atomic E-state index is -5.73. The van der Waals surface area contributed by atoms with Gasteiger partial charge in [0.15, 0.2) is 10.0 Å². The van der Waals surface area contributed by atoms with Gasteiger partial charge in [-0.05, 0) is 54.4 Å². The Bertz CT molecular complexity index is 1710. The van der Waals surface area contributed by atoms with Crippen LogP contribution >= 0.6 is 11.6 Å². The van der Waals surface area contributed by atoms with Crippen LogP contribution in [0, 0.1) is 5.92 Å². The number of aliphatic hydroxyl groups excluding tert-OH is 1. The Kier molecular flexibility index (Phi) is 9.86. The standard InChI is InChI=1S/C28H23ClF3N2O6S.Na/c1-38-25-8-6-20(34-41(36,37)28(30,31)32)11-17(25)10-18-14-40-26-9-7-22(13-23(26)27(18)35)39-15-21-5-3-16-2-4-19(29)12-24(16)33-21;/h2-9,11-13,18,27,35H,10,14-15H2,1H3;/q-1;+1/t18-,27-;/m1./s1. The van der Waals surface area contributed by atoms with Gasteiger partial charge in [0, 0.05) is 21.9 Å². The molecule has 0 spiro atoms. The fraction of sp³-hybridized carbons (Fsp3) is 0.250. The smallest absolute Gasteiger partial charge is 0.569 e. The number of alkyl halides is 3. The Balaban J connectivity index is 0.00000405. The van der Waals surface area contributed by atoms with E-state index in [9.17, 15) is 26.7 Å². The van der Waals surface area contributed by atoms with E-state index in [-0.39, 0.29) is 49.2 Å². The van der Waals surface area contributed by atoms with Gasteiger partial charge in [0.05, 0.1) is 31.0 Å². The molecule has 216 valence electrons. The molecule has 1 aromatic heterocycles. The van der Waals surface area contributed by atoms with Crippen molar-refractivity contribution in [1.82, 2.24) is 4.98 Å². The molecule has 2 atom stereocenters. The monoisotopic (exact) mass is 630 g/mol. The first kappa shape index (κ1) is 32.2. The van der Waals surface area contributed by atoms with Gasteiger partial charge in [-0.25, -0.2) is 13.4 Å². The molecule has 1 aliphatic rings. The third kappa shape index (κ3) is 7.07. The maximum Gasteiger partial charge on any atom is 1.00 e. The summed E-state index contributed by atoms with van der Waals surface area (Å²) >= 11 is 6.07. The molecular formula is C28H23ClF3N2NaO6S. The third-order valence-corrected chi connectivity index (χ3v) is 7.83. The number of hydrogen-bond acceptors (Lipinski definition) is 7. The Morgan fingerprint density at radius 1 is 1.10 bits per heavy atom. The fourth-order valence-corrected chi connectivity index (χ4v) is 5.18. The van der Waals surface area contributed by atoms with Crippen molar-refractivity contribution in [3.63, 3.8) is 0 Å². The van der Waals surface area contributed by atoms with Crippen LogP contribution in [-0.4, -0.2) is 37.7 Å². The van der Waals surface area contributed by atoms with Gasteiger partial charge < -0.3 is 24.0 Å². The first-order valence-electron chi connectivity index (χ1n) is 12.3. The molecule has 1 aliphatic heterocycles. The van der Waals surface area contributed by atoms with Crippen LogP contribution in [0.3, 0.4) is 0 Å². The van der Waals surface area contributed by atoms with Gasteiger partial charge in [0.2, 0.25) is 0 Å². The summed E-state index contributed by atoms with van der Waals surface area (Å²) in [5.41, 5.74) is -3.70. The first-order chi connectivity index (χ1) is 19.4. The number of rotatable bonds is 8. The van der Waals surface area contributed by atoms with Gasteiger partial charge in [0.1, 0.15) is 23.9 Å². The van der Waals surface area contributed by atoms with Crippen LogP contribution in [0.2, 0.25) is 5.02 Å². The number of hydrogen-bond donors (Lipinski definition) is 1. The SMILES string of the molecule is COc1ccc([N-]S(=O)(=O)C(F)(F)F)cc1C[C@@H]1COc2ccc(OCc3ccc4ccc(Cl)cc4n3)cc2[C@@H]1O.[Na+]. The zero-order chi connectivity index (χ0) is 29.4. The van der Waals surface area contributed by atoms with Crippen LogP contribution in [0.4, 0.5) is 18.9 Å². The van der Waals surface area contributed by atoms with E-state index in [2.05, 4.69) is 9.71 Å². The van der Waals surface area contributed by atoms with E-state index in [4.69, 9.17) is 25.8 Å². The van der Waals surface area contributed by atoms with Crippen LogP contribution < -0.4 is 43.8 Å². The summed E-state index contributed by atoms with van der Waals surface area (Å²) in [6.45, 7) is 0.263. The van der Waals surface area contributed by atoms with Crippen LogP contribution in [0.5, 0.6) is 17.2 Å². The summed E-state index contributed by atoms with van der Waals surface area (Å²) in [4.78, 5) is 4.57.